The van der Waals surface area contributed by atoms with Crippen LogP contribution in [-0.2, 0) is 4.79 Å². The van der Waals surface area contributed by atoms with E-state index in [1.807, 2.05) is 13.0 Å². The van der Waals surface area contributed by atoms with Crippen LogP contribution in [-0.4, -0.2) is 13.0 Å². The summed E-state index contributed by atoms with van der Waals surface area (Å²) in [5, 5.41) is 0. The number of carbonyl (C=O) groups excluding carboxylic acids is 1. The van der Waals surface area contributed by atoms with Gasteiger partial charge in [-0.3, -0.25) is 10.2 Å². The molecule has 0 radical (unpaired) electrons. The number of nitrogens with one attached hydrogen (secondary N) is 2. The fourth-order valence-corrected chi connectivity index (χ4v) is 0.611. The van der Waals surface area contributed by atoms with Gasteiger partial charge in [0, 0.05) is 12.6 Å². The first-order valence-electron chi connectivity index (χ1n) is 3.36. The van der Waals surface area contributed by atoms with Crippen LogP contribution in [0.1, 0.15) is 20.3 Å². The van der Waals surface area contributed by atoms with E-state index in [0.717, 1.165) is 12.0 Å². The van der Waals surface area contributed by atoms with Crippen LogP contribution < -0.4 is 10.9 Å². The standard InChI is InChI=1S/C7H14N2O/c1-4-5-6(2)7(10)9-8-3/h5,8H,4H2,1-3H3,(H,9,10). The number of allylic oxidation sites excluding steroid dienone is 1. The van der Waals surface area contributed by atoms with Gasteiger partial charge in [-0.25, -0.2) is 5.43 Å². The molecule has 1 amide bonds. The molecule has 0 bridgehead atoms. The molecule has 0 unspecified atom stereocenters. The minimum absolute atomic E-state index is 0.0654. The fraction of sp³-hybridized carbons (Fsp3) is 0.571. The van der Waals surface area contributed by atoms with E-state index < -0.39 is 0 Å². The summed E-state index contributed by atoms with van der Waals surface area (Å²) in [5.41, 5.74) is 5.79. The lowest BCUT2D eigenvalue weighted by atomic mass is 10.2. The van der Waals surface area contributed by atoms with E-state index in [1.54, 1.807) is 14.0 Å². The Hall–Kier alpha value is -0.830. The summed E-state index contributed by atoms with van der Waals surface area (Å²) in [5.74, 6) is -0.0654. The molecule has 2 N–H and O–H groups in total. The minimum Gasteiger partial charge on any atom is -0.288 e. The first-order chi connectivity index (χ1) is 4.72. The number of hydrazine groups is 1. The highest BCUT2D eigenvalue weighted by Gasteiger charge is 1.98. The van der Waals surface area contributed by atoms with Gasteiger partial charge in [-0.15, -0.1) is 0 Å². The second-order valence-electron chi connectivity index (χ2n) is 2.00. The van der Waals surface area contributed by atoms with Crippen molar-refractivity contribution in [3.63, 3.8) is 0 Å². The van der Waals surface area contributed by atoms with Crippen LogP contribution in [0.5, 0.6) is 0 Å². The molecule has 0 aliphatic carbocycles. The van der Waals surface area contributed by atoms with Gasteiger partial charge >= 0.3 is 0 Å². The number of carbonyl (C=O) groups is 1. The van der Waals surface area contributed by atoms with Crippen molar-refractivity contribution in [2.75, 3.05) is 7.05 Å². The first-order valence-corrected chi connectivity index (χ1v) is 3.36. The molecule has 0 aliphatic heterocycles. The van der Waals surface area contributed by atoms with Crippen molar-refractivity contribution in [1.29, 1.82) is 0 Å². The van der Waals surface area contributed by atoms with Gasteiger partial charge in [0.05, 0.1) is 0 Å². The Balaban J connectivity index is 3.82. The summed E-state index contributed by atoms with van der Waals surface area (Å²) in [6.07, 6.45) is 2.77. The molecule has 10 heavy (non-hydrogen) atoms. The first kappa shape index (κ1) is 9.17. The largest absolute Gasteiger partial charge is 0.288 e. The van der Waals surface area contributed by atoms with Crippen LogP contribution in [0, 0.1) is 0 Å². The van der Waals surface area contributed by atoms with Gasteiger partial charge in [-0.2, -0.15) is 0 Å². The van der Waals surface area contributed by atoms with E-state index in [4.69, 9.17) is 0 Å². The van der Waals surface area contributed by atoms with Crippen LogP contribution in [0.15, 0.2) is 11.6 Å². The number of rotatable bonds is 3. The van der Waals surface area contributed by atoms with Crippen molar-refractivity contribution in [2.45, 2.75) is 20.3 Å². The number of hydrogen-bond donors (Lipinski definition) is 2. The highest BCUT2D eigenvalue weighted by molar-refractivity contribution is 5.92. The van der Waals surface area contributed by atoms with Gasteiger partial charge in [0.1, 0.15) is 0 Å². The summed E-state index contributed by atoms with van der Waals surface area (Å²) in [4.78, 5) is 10.9. The van der Waals surface area contributed by atoms with Crippen LogP contribution >= 0.6 is 0 Å². The van der Waals surface area contributed by atoms with E-state index in [1.165, 1.54) is 0 Å². The van der Waals surface area contributed by atoms with Crippen molar-refractivity contribution in [2.24, 2.45) is 0 Å². The number of hydrogen-bond acceptors (Lipinski definition) is 2. The smallest absolute Gasteiger partial charge is 0.260 e. The highest BCUT2D eigenvalue weighted by Crippen LogP contribution is 1.92. The van der Waals surface area contributed by atoms with Gasteiger partial charge in [-0.05, 0) is 13.3 Å². The molecule has 0 saturated heterocycles. The van der Waals surface area contributed by atoms with Crippen molar-refractivity contribution in [1.82, 2.24) is 10.9 Å². The van der Waals surface area contributed by atoms with Gasteiger partial charge in [0.2, 0.25) is 0 Å². The maximum absolute atomic E-state index is 10.9. The zero-order valence-corrected chi connectivity index (χ0v) is 6.69. The Morgan fingerprint density at radius 2 is 2.20 bits per heavy atom. The lowest BCUT2D eigenvalue weighted by molar-refractivity contribution is -0.118. The Morgan fingerprint density at radius 3 is 2.60 bits per heavy atom. The van der Waals surface area contributed by atoms with Crippen LogP contribution in [0.2, 0.25) is 0 Å². The lowest BCUT2D eigenvalue weighted by Crippen LogP contribution is -2.34. The summed E-state index contributed by atoms with van der Waals surface area (Å²) >= 11 is 0. The Labute approximate surface area is 61.5 Å². The zero-order chi connectivity index (χ0) is 7.98. The Bertz CT molecular complexity index is 141. The Kier molecular flexibility index (Phi) is 4.58. The molecule has 0 atom stereocenters. The van der Waals surface area contributed by atoms with E-state index >= 15 is 0 Å². The molecule has 0 aliphatic rings. The topological polar surface area (TPSA) is 41.1 Å². The average Bonchev–Trinajstić information content (AvgIpc) is 1.89. The molecule has 3 nitrogen and oxygen atoms in total. The second kappa shape index (κ2) is 4.99. The molecule has 0 aromatic heterocycles. The van der Waals surface area contributed by atoms with Crippen LogP contribution in [0.3, 0.4) is 0 Å². The molecule has 58 valence electrons. The Morgan fingerprint density at radius 1 is 1.60 bits per heavy atom. The summed E-state index contributed by atoms with van der Waals surface area (Å²) in [7, 11) is 1.66. The van der Waals surface area contributed by atoms with Gasteiger partial charge < -0.3 is 0 Å². The van der Waals surface area contributed by atoms with Gasteiger partial charge in [0.25, 0.3) is 5.91 Å². The summed E-state index contributed by atoms with van der Waals surface area (Å²) < 4.78 is 0. The number of amides is 1. The molecule has 0 spiro atoms. The zero-order valence-electron chi connectivity index (χ0n) is 6.69. The lowest BCUT2D eigenvalue weighted by Gasteiger charge is -2.00. The normalized spacial score (nSPS) is 11.3. The summed E-state index contributed by atoms with van der Waals surface area (Å²) in [6.45, 7) is 3.78. The predicted molar refractivity (Wildman–Crippen MR) is 41.3 cm³/mol. The summed E-state index contributed by atoms with van der Waals surface area (Å²) in [6, 6.07) is 0. The van der Waals surface area contributed by atoms with Crippen LogP contribution in [0.25, 0.3) is 0 Å². The van der Waals surface area contributed by atoms with Gasteiger partial charge in [0.15, 0.2) is 0 Å². The third kappa shape index (κ3) is 3.25. The second-order valence-corrected chi connectivity index (χ2v) is 2.00. The van der Waals surface area contributed by atoms with Crippen LogP contribution in [0.4, 0.5) is 0 Å². The fourth-order valence-electron chi connectivity index (χ4n) is 0.611. The highest BCUT2D eigenvalue weighted by atomic mass is 16.2. The molecule has 0 aromatic carbocycles. The third-order valence-electron chi connectivity index (χ3n) is 1.11. The average molecular weight is 142 g/mol. The quantitative estimate of drug-likeness (QED) is 0.447. The molecule has 0 fully saturated rings. The van der Waals surface area contributed by atoms with E-state index in [9.17, 15) is 4.79 Å². The molecule has 0 saturated carbocycles. The third-order valence-corrected chi connectivity index (χ3v) is 1.11. The van der Waals surface area contributed by atoms with Crippen molar-refractivity contribution < 1.29 is 4.79 Å². The van der Waals surface area contributed by atoms with E-state index in [2.05, 4.69) is 10.9 Å². The maximum atomic E-state index is 10.9. The molecular formula is C7H14N2O. The van der Waals surface area contributed by atoms with Gasteiger partial charge in [-0.1, -0.05) is 13.0 Å². The van der Waals surface area contributed by atoms with Crippen molar-refractivity contribution in [3.05, 3.63) is 11.6 Å². The van der Waals surface area contributed by atoms with E-state index in [-0.39, 0.29) is 5.91 Å². The molecular weight excluding hydrogens is 128 g/mol. The monoisotopic (exact) mass is 142 g/mol. The molecule has 0 aromatic rings. The molecule has 0 rings (SSSR count). The maximum Gasteiger partial charge on any atom is 0.260 e. The van der Waals surface area contributed by atoms with Crippen molar-refractivity contribution in [3.8, 4) is 0 Å². The SMILES string of the molecule is CCC=C(C)C(=O)NNC. The van der Waals surface area contributed by atoms with Crippen molar-refractivity contribution >= 4 is 5.91 Å². The van der Waals surface area contributed by atoms with E-state index in [0.29, 0.717) is 0 Å². The molecule has 0 heterocycles. The molecule has 3 heteroatoms. The minimum atomic E-state index is -0.0654. The predicted octanol–water partition coefficient (Wildman–Crippen LogP) is 0.593.